The SMILES string of the molecule is OCc1cccc(-c2cnc(N3CCCNCC3)nc2)c1F. The quantitative estimate of drug-likeness (QED) is 0.901. The second kappa shape index (κ2) is 6.81. The molecule has 0 radical (unpaired) electrons. The number of nitrogens with zero attached hydrogens (tertiary/aromatic N) is 3. The number of aliphatic hydroxyl groups excluding tert-OH is 1. The second-order valence-corrected chi connectivity index (χ2v) is 5.30. The molecule has 0 amide bonds. The van der Waals surface area contributed by atoms with Crippen molar-refractivity contribution in [3.8, 4) is 11.1 Å². The van der Waals surface area contributed by atoms with Gasteiger partial charge in [0.25, 0.3) is 0 Å². The van der Waals surface area contributed by atoms with E-state index < -0.39 is 5.82 Å². The minimum Gasteiger partial charge on any atom is -0.392 e. The molecule has 6 heteroatoms. The molecule has 0 aliphatic carbocycles. The number of hydrogen-bond acceptors (Lipinski definition) is 5. The van der Waals surface area contributed by atoms with Crippen molar-refractivity contribution >= 4 is 5.95 Å². The van der Waals surface area contributed by atoms with Crippen LogP contribution in [0.1, 0.15) is 12.0 Å². The fourth-order valence-electron chi connectivity index (χ4n) is 2.59. The Hall–Kier alpha value is -2.05. The van der Waals surface area contributed by atoms with Crippen molar-refractivity contribution in [1.82, 2.24) is 15.3 Å². The largest absolute Gasteiger partial charge is 0.392 e. The molecular weight excluding hydrogens is 283 g/mol. The monoisotopic (exact) mass is 302 g/mol. The van der Waals surface area contributed by atoms with E-state index in [0.717, 1.165) is 32.6 Å². The highest BCUT2D eigenvalue weighted by Gasteiger charge is 2.14. The molecule has 116 valence electrons. The van der Waals surface area contributed by atoms with Gasteiger partial charge in [-0.05, 0) is 13.0 Å². The summed E-state index contributed by atoms with van der Waals surface area (Å²) in [6.07, 6.45) is 4.33. The Kier molecular flexibility index (Phi) is 4.60. The fraction of sp³-hybridized carbons (Fsp3) is 0.375. The molecule has 3 rings (SSSR count). The van der Waals surface area contributed by atoms with E-state index in [2.05, 4.69) is 20.2 Å². The molecule has 0 spiro atoms. The van der Waals surface area contributed by atoms with E-state index in [1.165, 1.54) is 0 Å². The maximum Gasteiger partial charge on any atom is 0.225 e. The van der Waals surface area contributed by atoms with Crippen LogP contribution in [-0.4, -0.2) is 41.3 Å². The van der Waals surface area contributed by atoms with Crippen LogP contribution in [0.15, 0.2) is 30.6 Å². The topological polar surface area (TPSA) is 61.3 Å². The molecule has 1 aliphatic heterocycles. The number of hydrogen-bond donors (Lipinski definition) is 2. The van der Waals surface area contributed by atoms with Crippen molar-refractivity contribution in [2.45, 2.75) is 13.0 Å². The van der Waals surface area contributed by atoms with Crippen LogP contribution in [0.2, 0.25) is 0 Å². The Balaban J connectivity index is 1.85. The van der Waals surface area contributed by atoms with Gasteiger partial charge in [0.1, 0.15) is 5.82 Å². The van der Waals surface area contributed by atoms with Gasteiger partial charge >= 0.3 is 0 Å². The average molecular weight is 302 g/mol. The van der Waals surface area contributed by atoms with Crippen molar-refractivity contribution < 1.29 is 9.50 Å². The maximum atomic E-state index is 14.2. The molecule has 2 heterocycles. The third kappa shape index (κ3) is 3.08. The summed E-state index contributed by atoms with van der Waals surface area (Å²) >= 11 is 0. The Morgan fingerprint density at radius 2 is 2.00 bits per heavy atom. The normalized spacial score (nSPS) is 15.6. The van der Waals surface area contributed by atoms with Crippen LogP contribution in [-0.2, 0) is 6.61 Å². The predicted octanol–water partition coefficient (Wildman–Crippen LogP) is 1.57. The van der Waals surface area contributed by atoms with Crippen molar-refractivity contribution in [1.29, 1.82) is 0 Å². The average Bonchev–Trinajstić information content (AvgIpc) is 2.85. The molecule has 1 aliphatic rings. The number of aromatic nitrogens is 2. The van der Waals surface area contributed by atoms with Crippen molar-refractivity contribution in [3.05, 3.63) is 42.0 Å². The third-order valence-corrected chi connectivity index (χ3v) is 3.82. The van der Waals surface area contributed by atoms with Gasteiger partial charge in [0, 0.05) is 48.7 Å². The van der Waals surface area contributed by atoms with Gasteiger partial charge < -0.3 is 15.3 Å². The van der Waals surface area contributed by atoms with Crippen LogP contribution in [0.25, 0.3) is 11.1 Å². The van der Waals surface area contributed by atoms with Gasteiger partial charge in [-0.3, -0.25) is 0 Å². The summed E-state index contributed by atoms with van der Waals surface area (Å²) in [5.41, 5.74) is 1.31. The lowest BCUT2D eigenvalue weighted by Crippen LogP contribution is -2.29. The highest BCUT2D eigenvalue weighted by atomic mass is 19.1. The highest BCUT2D eigenvalue weighted by Crippen LogP contribution is 2.24. The van der Waals surface area contributed by atoms with Crippen LogP contribution in [0.3, 0.4) is 0 Å². The molecule has 1 fully saturated rings. The Morgan fingerprint density at radius 1 is 1.18 bits per heavy atom. The van der Waals surface area contributed by atoms with Gasteiger partial charge in [-0.25, -0.2) is 14.4 Å². The van der Waals surface area contributed by atoms with Gasteiger partial charge in [0.05, 0.1) is 6.61 Å². The Bertz CT molecular complexity index is 625. The molecular formula is C16H19FN4O. The second-order valence-electron chi connectivity index (χ2n) is 5.30. The summed E-state index contributed by atoms with van der Waals surface area (Å²) in [4.78, 5) is 10.9. The Labute approximate surface area is 128 Å². The number of aliphatic hydroxyl groups is 1. The third-order valence-electron chi connectivity index (χ3n) is 3.82. The zero-order valence-electron chi connectivity index (χ0n) is 12.3. The number of benzene rings is 1. The molecule has 0 atom stereocenters. The van der Waals surface area contributed by atoms with E-state index >= 15 is 0 Å². The zero-order valence-corrected chi connectivity index (χ0v) is 12.3. The molecule has 1 saturated heterocycles. The molecule has 2 aromatic rings. The molecule has 5 nitrogen and oxygen atoms in total. The first-order chi connectivity index (χ1) is 10.8. The summed E-state index contributed by atoms with van der Waals surface area (Å²) in [5.74, 6) is 0.256. The van der Waals surface area contributed by atoms with Gasteiger partial charge in [-0.15, -0.1) is 0 Å². The minimum absolute atomic E-state index is 0.278. The van der Waals surface area contributed by atoms with Crippen molar-refractivity contribution in [2.24, 2.45) is 0 Å². The first-order valence-electron chi connectivity index (χ1n) is 7.46. The zero-order chi connectivity index (χ0) is 15.4. The van der Waals surface area contributed by atoms with Crippen LogP contribution in [0, 0.1) is 5.82 Å². The van der Waals surface area contributed by atoms with Gasteiger partial charge in [-0.1, -0.05) is 18.2 Å². The molecule has 0 unspecified atom stereocenters. The lowest BCUT2D eigenvalue weighted by molar-refractivity contribution is 0.276. The molecule has 0 bridgehead atoms. The van der Waals surface area contributed by atoms with Crippen LogP contribution >= 0.6 is 0 Å². The molecule has 2 N–H and O–H groups in total. The number of halogens is 1. The van der Waals surface area contributed by atoms with Crippen LogP contribution < -0.4 is 10.2 Å². The van der Waals surface area contributed by atoms with E-state index in [-0.39, 0.29) is 12.2 Å². The molecule has 22 heavy (non-hydrogen) atoms. The van der Waals surface area contributed by atoms with Crippen molar-refractivity contribution in [2.75, 3.05) is 31.1 Å². The summed E-state index contributed by atoms with van der Waals surface area (Å²) in [6, 6.07) is 4.96. The number of rotatable bonds is 3. The van der Waals surface area contributed by atoms with E-state index in [1.807, 2.05) is 0 Å². The van der Waals surface area contributed by atoms with Crippen molar-refractivity contribution in [3.63, 3.8) is 0 Å². The molecule has 1 aromatic heterocycles. The van der Waals surface area contributed by atoms with E-state index in [1.54, 1.807) is 30.6 Å². The van der Waals surface area contributed by atoms with Gasteiger partial charge in [0.2, 0.25) is 5.95 Å². The molecule has 0 saturated carbocycles. The molecule has 1 aromatic carbocycles. The van der Waals surface area contributed by atoms with Gasteiger partial charge in [0.15, 0.2) is 0 Å². The minimum atomic E-state index is -0.416. The van der Waals surface area contributed by atoms with Crippen LogP contribution in [0.5, 0.6) is 0 Å². The lowest BCUT2D eigenvalue weighted by atomic mass is 10.1. The summed E-state index contributed by atoms with van der Waals surface area (Å²) < 4.78 is 14.2. The highest BCUT2D eigenvalue weighted by molar-refractivity contribution is 5.63. The fourth-order valence-corrected chi connectivity index (χ4v) is 2.59. The first kappa shape index (κ1) is 14.9. The summed E-state index contributed by atoms with van der Waals surface area (Å²) in [6.45, 7) is 3.39. The summed E-state index contributed by atoms with van der Waals surface area (Å²) in [7, 11) is 0. The first-order valence-corrected chi connectivity index (χ1v) is 7.46. The van der Waals surface area contributed by atoms with Crippen LogP contribution in [0.4, 0.5) is 10.3 Å². The summed E-state index contributed by atoms with van der Waals surface area (Å²) in [5, 5.41) is 12.5. The smallest absolute Gasteiger partial charge is 0.225 e. The Morgan fingerprint density at radius 3 is 2.77 bits per heavy atom. The maximum absolute atomic E-state index is 14.2. The lowest BCUT2D eigenvalue weighted by Gasteiger charge is -2.19. The van der Waals surface area contributed by atoms with E-state index in [4.69, 9.17) is 5.11 Å². The predicted molar refractivity (Wildman–Crippen MR) is 83.0 cm³/mol. The number of nitrogens with one attached hydrogen (secondary N) is 1. The van der Waals surface area contributed by atoms with Gasteiger partial charge in [-0.2, -0.15) is 0 Å². The standard InChI is InChI=1S/C16H19FN4O/c17-15-12(11-22)3-1-4-14(15)13-9-19-16(20-10-13)21-7-2-5-18-6-8-21/h1,3-4,9-10,18,22H,2,5-8,11H2. The number of anilines is 1. The van der Waals surface area contributed by atoms with E-state index in [0.29, 0.717) is 17.1 Å². The van der Waals surface area contributed by atoms with E-state index in [9.17, 15) is 4.39 Å².